The van der Waals surface area contributed by atoms with Gasteiger partial charge in [-0.25, -0.2) is 9.79 Å². The molecule has 2 N–H and O–H groups in total. The topological polar surface area (TPSA) is 83.8 Å². The minimum absolute atomic E-state index is 0.264. The van der Waals surface area contributed by atoms with Gasteiger partial charge in [-0.1, -0.05) is 48.5 Å². The van der Waals surface area contributed by atoms with Crippen LogP contribution in [0.5, 0.6) is 0 Å². The summed E-state index contributed by atoms with van der Waals surface area (Å²) in [6, 6.07) is 20.5. The minimum atomic E-state index is -4.45. The third kappa shape index (κ3) is 6.19. The fourth-order valence-electron chi connectivity index (χ4n) is 4.15. The third-order valence-electron chi connectivity index (χ3n) is 6.10. The van der Waals surface area contributed by atoms with Crippen LogP contribution >= 0.6 is 0 Å². The average Bonchev–Trinajstić information content (AvgIpc) is 2.89. The first-order valence-corrected chi connectivity index (χ1v) is 11.6. The first-order valence-electron chi connectivity index (χ1n) is 11.6. The molecule has 0 spiro atoms. The summed E-state index contributed by atoms with van der Waals surface area (Å²) < 4.78 is 38.7. The van der Waals surface area contributed by atoms with E-state index in [0.717, 1.165) is 28.9 Å². The maximum absolute atomic E-state index is 13.2. The number of hydrogen-bond acceptors (Lipinski definition) is 3. The molecule has 3 aromatic rings. The van der Waals surface area contributed by atoms with Crippen LogP contribution in [0.4, 0.5) is 29.3 Å². The fourth-order valence-corrected chi connectivity index (χ4v) is 4.15. The first kappa shape index (κ1) is 25.6. The molecular weight excluding hydrogens is 481 g/mol. The number of guanidine groups is 1. The smallest absolute Gasteiger partial charge is 0.338 e. The highest BCUT2D eigenvalue weighted by Crippen LogP contribution is 2.31. The van der Waals surface area contributed by atoms with Gasteiger partial charge < -0.3 is 15.1 Å². The molecule has 1 atom stereocenters. The predicted octanol–water partition coefficient (Wildman–Crippen LogP) is 5.66. The van der Waals surface area contributed by atoms with Crippen LogP contribution < -0.4 is 10.6 Å². The summed E-state index contributed by atoms with van der Waals surface area (Å²) >= 11 is 0. The van der Waals surface area contributed by atoms with Crippen LogP contribution in [0.15, 0.2) is 83.9 Å². The third-order valence-corrected chi connectivity index (χ3v) is 6.10. The highest BCUT2D eigenvalue weighted by Gasteiger charge is 2.34. The van der Waals surface area contributed by atoms with Crippen molar-refractivity contribution in [1.29, 1.82) is 5.26 Å². The molecule has 37 heavy (non-hydrogen) atoms. The number of piperazine rings is 1. The maximum Gasteiger partial charge on any atom is 0.416 e. The Balaban J connectivity index is 1.58. The van der Waals surface area contributed by atoms with Crippen LogP contribution in [0.2, 0.25) is 0 Å². The van der Waals surface area contributed by atoms with Crippen molar-refractivity contribution in [3.05, 3.63) is 95.6 Å². The number of para-hydroxylation sites is 1. The van der Waals surface area contributed by atoms with Gasteiger partial charge in [0.2, 0.25) is 5.96 Å². The molecule has 7 nitrogen and oxygen atoms in total. The molecule has 190 valence electrons. The van der Waals surface area contributed by atoms with E-state index in [1.165, 1.54) is 12.1 Å². The summed E-state index contributed by atoms with van der Waals surface area (Å²) in [5.74, 6) is 0.375. The maximum atomic E-state index is 13.2. The Morgan fingerprint density at radius 2 is 1.68 bits per heavy atom. The van der Waals surface area contributed by atoms with E-state index < -0.39 is 23.8 Å². The zero-order valence-electron chi connectivity index (χ0n) is 20.0. The Labute approximate surface area is 212 Å². The molecule has 4 rings (SSSR count). The van der Waals surface area contributed by atoms with Crippen molar-refractivity contribution in [2.75, 3.05) is 25.0 Å². The molecule has 1 aliphatic heterocycles. The predicted molar refractivity (Wildman–Crippen MR) is 135 cm³/mol. The molecule has 0 aromatic heterocycles. The van der Waals surface area contributed by atoms with Crippen LogP contribution in [-0.2, 0) is 6.18 Å². The number of alkyl halides is 3. The van der Waals surface area contributed by atoms with E-state index in [9.17, 15) is 23.2 Å². The number of amides is 2. The Morgan fingerprint density at radius 1 is 1.00 bits per heavy atom. The largest absolute Gasteiger partial charge is 0.416 e. The lowest BCUT2D eigenvalue weighted by Crippen LogP contribution is -2.55. The number of urea groups is 1. The molecule has 1 heterocycles. The van der Waals surface area contributed by atoms with Crippen LogP contribution in [-0.4, -0.2) is 41.4 Å². The average molecular weight is 507 g/mol. The van der Waals surface area contributed by atoms with Gasteiger partial charge >= 0.3 is 12.2 Å². The monoisotopic (exact) mass is 506 g/mol. The van der Waals surface area contributed by atoms with Crippen LogP contribution in [0.25, 0.3) is 0 Å². The van der Waals surface area contributed by atoms with Gasteiger partial charge in [0, 0.05) is 25.3 Å². The van der Waals surface area contributed by atoms with Crippen molar-refractivity contribution in [3.63, 3.8) is 0 Å². The second kappa shape index (κ2) is 11.0. The number of nitrogens with zero attached hydrogens (tertiary/aromatic N) is 4. The second-order valence-electron chi connectivity index (χ2n) is 8.53. The van der Waals surface area contributed by atoms with E-state index in [1.54, 1.807) is 4.90 Å². The number of rotatable bonds is 3. The zero-order chi connectivity index (χ0) is 26.4. The van der Waals surface area contributed by atoms with Crippen molar-refractivity contribution in [2.24, 2.45) is 4.99 Å². The number of benzene rings is 3. The molecule has 2 amide bonds. The van der Waals surface area contributed by atoms with Crippen LogP contribution in [0.3, 0.4) is 0 Å². The molecular formula is C27H25F3N6O. The lowest BCUT2D eigenvalue weighted by atomic mass is 10.0. The SMILES string of the molecule is Cc1ccccc1N=C(NC#N)N1CCN(C(=O)Nc2ccc(C(F)(F)F)cc2)C(c2ccccc2)C1. The van der Waals surface area contributed by atoms with E-state index in [4.69, 9.17) is 0 Å². The van der Waals surface area contributed by atoms with E-state index in [-0.39, 0.29) is 5.69 Å². The molecule has 1 unspecified atom stereocenters. The van der Waals surface area contributed by atoms with Crippen LogP contribution in [0, 0.1) is 18.4 Å². The molecule has 3 aromatic carbocycles. The Morgan fingerprint density at radius 3 is 2.32 bits per heavy atom. The van der Waals surface area contributed by atoms with Gasteiger partial charge in [-0.3, -0.25) is 5.32 Å². The molecule has 0 radical (unpaired) electrons. The molecule has 1 fully saturated rings. The highest BCUT2D eigenvalue weighted by molar-refractivity contribution is 5.90. The lowest BCUT2D eigenvalue weighted by Gasteiger charge is -2.42. The highest BCUT2D eigenvalue weighted by atomic mass is 19.4. The minimum Gasteiger partial charge on any atom is -0.338 e. The van der Waals surface area contributed by atoms with E-state index in [2.05, 4.69) is 15.6 Å². The lowest BCUT2D eigenvalue weighted by molar-refractivity contribution is -0.137. The molecule has 1 saturated heterocycles. The molecule has 1 aliphatic rings. The zero-order valence-corrected chi connectivity index (χ0v) is 20.0. The number of aryl methyl sites for hydroxylation is 1. The normalized spacial score (nSPS) is 16.2. The molecule has 10 heteroatoms. The number of aliphatic imine (C=N–C) groups is 1. The standard InChI is InChI=1S/C27H25F3N6O/c1-19-7-5-6-10-23(19)34-25(32-18-31)35-15-16-36(24(17-35)20-8-3-2-4-9-20)26(37)33-22-13-11-21(12-14-22)27(28,29)30/h2-14,24H,15-17H2,1H3,(H,32,34)(H,33,37). The number of hydrogen-bond donors (Lipinski definition) is 2. The summed E-state index contributed by atoms with van der Waals surface area (Å²) in [4.78, 5) is 21.5. The van der Waals surface area contributed by atoms with Crippen molar-refractivity contribution in [1.82, 2.24) is 15.1 Å². The summed E-state index contributed by atoms with van der Waals surface area (Å²) in [6.07, 6.45) is -2.51. The van der Waals surface area contributed by atoms with Gasteiger partial charge in [0.1, 0.15) is 0 Å². The van der Waals surface area contributed by atoms with E-state index in [0.29, 0.717) is 25.6 Å². The van der Waals surface area contributed by atoms with Gasteiger partial charge in [-0.15, -0.1) is 0 Å². The van der Waals surface area contributed by atoms with Gasteiger partial charge in [-0.05, 0) is 48.4 Å². The van der Waals surface area contributed by atoms with Gasteiger partial charge in [0.05, 0.1) is 17.3 Å². The fraction of sp³-hybridized carbons (Fsp3) is 0.222. The quantitative estimate of drug-likeness (QED) is 0.208. The Hall–Kier alpha value is -4.52. The van der Waals surface area contributed by atoms with E-state index in [1.807, 2.05) is 72.6 Å². The van der Waals surface area contributed by atoms with Crippen molar-refractivity contribution >= 4 is 23.4 Å². The number of anilines is 1. The van der Waals surface area contributed by atoms with E-state index >= 15 is 0 Å². The Bertz CT molecular complexity index is 1300. The summed E-state index contributed by atoms with van der Waals surface area (Å²) in [6.45, 7) is 2.97. The van der Waals surface area contributed by atoms with Gasteiger partial charge in [0.25, 0.3) is 0 Å². The second-order valence-corrected chi connectivity index (χ2v) is 8.53. The number of nitriles is 1. The van der Waals surface area contributed by atoms with Crippen molar-refractivity contribution in [3.8, 4) is 6.19 Å². The molecule has 0 aliphatic carbocycles. The Kier molecular flexibility index (Phi) is 7.63. The number of halogens is 3. The summed E-state index contributed by atoms with van der Waals surface area (Å²) in [7, 11) is 0. The van der Waals surface area contributed by atoms with Crippen LogP contribution in [0.1, 0.15) is 22.7 Å². The number of nitrogens with one attached hydrogen (secondary N) is 2. The first-order chi connectivity index (χ1) is 17.8. The molecule has 0 bridgehead atoms. The number of carbonyl (C=O) groups excluding carboxylic acids is 1. The van der Waals surface area contributed by atoms with Gasteiger partial charge in [-0.2, -0.15) is 18.4 Å². The van der Waals surface area contributed by atoms with Gasteiger partial charge in [0.15, 0.2) is 6.19 Å². The molecule has 0 saturated carbocycles. The summed E-state index contributed by atoms with van der Waals surface area (Å²) in [5.41, 5.74) is 2.03. The van der Waals surface area contributed by atoms with Crippen molar-refractivity contribution < 1.29 is 18.0 Å². The van der Waals surface area contributed by atoms with Crippen molar-refractivity contribution in [2.45, 2.75) is 19.1 Å². The number of carbonyl (C=O) groups is 1. The summed E-state index contributed by atoms with van der Waals surface area (Å²) in [5, 5.41) is 14.7.